The maximum absolute atomic E-state index is 11.6. The summed E-state index contributed by atoms with van der Waals surface area (Å²) in [5.74, 6) is -0.0105. The molecule has 2 atom stereocenters. The van der Waals surface area contributed by atoms with Crippen molar-refractivity contribution in [2.75, 3.05) is 12.8 Å². The molecule has 5 heteroatoms. The first kappa shape index (κ1) is 14.5. The quantitative estimate of drug-likeness (QED) is 0.835. The molecule has 1 aromatic rings. The summed E-state index contributed by atoms with van der Waals surface area (Å²) in [7, 11) is 0. The minimum absolute atomic E-state index is 0.0105. The summed E-state index contributed by atoms with van der Waals surface area (Å²) in [6, 6.07) is 3.77. The highest BCUT2D eigenvalue weighted by atomic mass is 32.2. The normalized spacial score (nSPS) is 16.2. The molecule has 0 saturated heterocycles. The Balaban J connectivity index is 2.42. The number of carbonyl (C=O) groups is 1. The molecule has 96 valence electrons. The van der Waals surface area contributed by atoms with Gasteiger partial charge in [-0.25, -0.2) is 0 Å². The average molecular weight is 273 g/mol. The van der Waals surface area contributed by atoms with Gasteiger partial charge < -0.3 is 10.4 Å². The summed E-state index contributed by atoms with van der Waals surface area (Å²) in [4.78, 5) is 12.5. The number of nitrogens with one attached hydrogen (secondary N) is 1. The highest BCUT2D eigenvalue weighted by molar-refractivity contribution is 7.99. The predicted molar refractivity (Wildman–Crippen MR) is 74.5 cm³/mol. The van der Waals surface area contributed by atoms with E-state index < -0.39 is 5.60 Å². The van der Waals surface area contributed by atoms with E-state index in [9.17, 15) is 9.90 Å². The van der Waals surface area contributed by atoms with E-state index in [1.165, 1.54) is 11.3 Å². The Bertz CT molecular complexity index is 349. The lowest BCUT2D eigenvalue weighted by Gasteiger charge is -2.22. The fraction of sp³-hybridized carbons (Fsp3) is 0.583. The van der Waals surface area contributed by atoms with Crippen LogP contribution in [0, 0.1) is 0 Å². The summed E-state index contributed by atoms with van der Waals surface area (Å²) in [5.41, 5.74) is -0.980. The van der Waals surface area contributed by atoms with E-state index >= 15 is 0 Å². The van der Waals surface area contributed by atoms with Crippen molar-refractivity contribution in [1.29, 1.82) is 0 Å². The van der Waals surface area contributed by atoms with E-state index in [0.29, 0.717) is 11.7 Å². The van der Waals surface area contributed by atoms with E-state index in [1.54, 1.807) is 18.7 Å². The Hall–Kier alpha value is -0.520. The number of amides is 1. The van der Waals surface area contributed by atoms with Crippen molar-refractivity contribution in [3.63, 3.8) is 0 Å². The maximum Gasteiger partial charge on any atom is 0.221 e. The highest BCUT2D eigenvalue weighted by Crippen LogP contribution is 2.24. The zero-order valence-electron chi connectivity index (χ0n) is 10.4. The van der Waals surface area contributed by atoms with Crippen molar-refractivity contribution >= 4 is 29.0 Å². The van der Waals surface area contributed by atoms with Gasteiger partial charge in [-0.05, 0) is 24.6 Å². The van der Waals surface area contributed by atoms with Gasteiger partial charge in [0.25, 0.3) is 0 Å². The minimum atomic E-state index is -0.980. The molecule has 0 aliphatic rings. The third-order valence-electron chi connectivity index (χ3n) is 2.56. The number of carbonyl (C=O) groups excluding carboxylic acids is 1. The van der Waals surface area contributed by atoms with Crippen LogP contribution < -0.4 is 5.32 Å². The number of rotatable bonds is 6. The first-order chi connectivity index (χ1) is 7.95. The van der Waals surface area contributed by atoms with Crippen LogP contribution in [0.2, 0.25) is 0 Å². The Morgan fingerprint density at radius 2 is 2.41 bits per heavy atom. The largest absolute Gasteiger partial charge is 0.383 e. The van der Waals surface area contributed by atoms with Crippen molar-refractivity contribution in [3.8, 4) is 0 Å². The second-order valence-corrected chi connectivity index (χ2v) is 6.50. The van der Waals surface area contributed by atoms with Gasteiger partial charge in [-0.3, -0.25) is 4.79 Å². The van der Waals surface area contributed by atoms with Crippen LogP contribution in [0.25, 0.3) is 0 Å². The molecule has 0 fully saturated rings. The Morgan fingerprint density at radius 1 is 1.71 bits per heavy atom. The number of hydrogen-bond donors (Lipinski definition) is 2. The first-order valence-corrected chi connectivity index (χ1v) is 7.68. The highest BCUT2D eigenvalue weighted by Gasteiger charge is 2.24. The molecule has 0 aliphatic heterocycles. The molecule has 0 saturated carbocycles. The molecule has 0 aromatic carbocycles. The molecular weight excluding hydrogens is 254 g/mol. The van der Waals surface area contributed by atoms with E-state index in [0.717, 1.165) is 4.88 Å². The zero-order valence-corrected chi connectivity index (χ0v) is 12.0. The minimum Gasteiger partial charge on any atom is -0.383 e. The molecule has 2 unspecified atom stereocenters. The van der Waals surface area contributed by atoms with Crippen LogP contribution in [-0.4, -0.2) is 29.1 Å². The SMILES string of the molecule is CSC(C)CC(=O)NCC(C)(O)c1cccs1. The van der Waals surface area contributed by atoms with Crippen LogP contribution in [-0.2, 0) is 10.4 Å². The Labute approximate surface area is 111 Å². The molecule has 2 N–H and O–H groups in total. The predicted octanol–water partition coefficient (Wildman–Crippen LogP) is 2.21. The van der Waals surface area contributed by atoms with Crippen molar-refractivity contribution in [2.24, 2.45) is 0 Å². The van der Waals surface area contributed by atoms with Gasteiger partial charge in [0.1, 0.15) is 5.60 Å². The van der Waals surface area contributed by atoms with Gasteiger partial charge >= 0.3 is 0 Å². The summed E-state index contributed by atoms with van der Waals surface area (Å²) in [6.45, 7) is 3.99. The summed E-state index contributed by atoms with van der Waals surface area (Å²) >= 11 is 3.16. The molecule has 1 heterocycles. The van der Waals surface area contributed by atoms with E-state index in [4.69, 9.17) is 0 Å². The molecule has 0 aliphatic carbocycles. The average Bonchev–Trinajstić information content (AvgIpc) is 2.80. The number of thioether (sulfide) groups is 1. The van der Waals surface area contributed by atoms with E-state index in [1.807, 2.05) is 30.7 Å². The number of thiophene rings is 1. The lowest BCUT2D eigenvalue weighted by molar-refractivity contribution is -0.122. The lowest BCUT2D eigenvalue weighted by Crippen LogP contribution is -2.38. The van der Waals surface area contributed by atoms with Crippen LogP contribution in [0.5, 0.6) is 0 Å². The third kappa shape index (κ3) is 4.69. The summed E-state index contributed by atoms with van der Waals surface area (Å²) in [5, 5.41) is 15.2. The van der Waals surface area contributed by atoms with Crippen LogP contribution in [0.4, 0.5) is 0 Å². The van der Waals surface area contributed by atoms with Crippen LogP contribution in [0.1, 0.15) is 25.1 Å². The van der Waals surface area contributed by atoms with Crippen molar-refractivity contribution in [1.82, 2.24) is 5.32 Å². The molecule has 0 spiro atoms. The first-order valence-electron chi connectivity index (χ1n) is 5.51. The van der Waals surface area contributed by atoms with Crippen molar-refractivity contribution < 1.29 is 9.90 Å². The van der Waals surface area contributed by atoms with Crippen LogP contribution >= 0.6 is 23.1 Å². The Kier molecular flexibility index (Phi) is 5.49. The Morgan fingerprint density at radius 3 is 2.94 bits per heavy atom. The molecule has 17 heavy (non-hydrogen) atoms. The number of aliphatic hydroxyl groups is 1. The van der Waals surface area contributed by atoms with E-state index in [2.05, 4.69) is 5.32 Å². The molecule has 0 bridgehead atoms. The molecular formula is C12H19NO2S2. The maximum atomic E-state index is 11.6. The molecule has 1 rings (SSSR count). The van der Waals surface area contributed by atoms with Gasteiger partial charge in [-0.2, -0.15) is 11.8 Å². The topological polar surface area (TPSA) is 49.3 Å². The second kappa shape index (κ2) is 6.42. The molecule has 3 nitrogen and oxygen atoms in total. The lowest BCUT2D eigenvalue weighted by atomic mass is 10.1. The fourth-order valence-corrected chi connectivity index (χ4v) is 2.46. The summed E-state index contributed by atoms with van der Waals surface area (Å²) in [6.07, 6.45) is 2.47. The zero-order chi connectivity index (χ0) is 12.9. The third-order valence-corrected chi connectivity index (χ3v) is 4.65. The summed E-state index contributed by atoms with van der Waals surface area (Å²) < 4.78 is 0. The van der Waals surface area contributed by atoms with Crippen LogP contribution in [0.3, 0.4) is 0 Å². The van der Waals surface area contributed by atoms with Gasteiger partial charge in [0.2, 0.25) is 5.91 Å². The monoisotopic (exact) mass is 273 g/mol. The van der Waals surface area contributed by atoms with Gasteiger partial charge in [-0.15, -0.1) is 11.3 Å². The van der Waals surface area contributed by atoms with Crippen molar-refractivity contribution in [2.45, 2.75) is 31.1 Å². The van der Waals surface area contributed by atoms with Gasteiger partial charge in [0, 0.05) is 16.5 Å². The smallest absolute Gasteiger partial charge is 0.221 e. The van der Waals surface area contributed by atoms with E-state index in [-0.39, 0.29) is 12.5 Å². The molecule has 1 aromatic heterocycles. The van der Waals surface area contributed by atoms with Crippen molar-refractivity contribution in [3.05, 3.63) is 22.4 Å². The molecule has 1 amide bonds. The second-order valence-electron chi connectivity index (χ2n) is 4.28. The van der Waals surface area contributed by atoms with Gasteiger partial charge in [0.15, 0.2) is 0 Å². The molecule has 0 radical (unpaired) electrons. The van der Waals surface area contributed by atoms with Crippen LogP contribution in [0.15, 0.2) is 17.5 Å². The van der Waals surface area contributed by atoms with Gasteiger partial charge in [0.05, 0.1) is 6.54 Å². The van der Waals surface area contributed by atoms with Gasteiger partial charge in [-0.1, -0.05) is 13.0 Å². The fourth-order valence-electron chi connectivity index (χ4n) is 1.36. The number of hydrogen-bond acceptors (Lipinski definition) is 4. The standard InChI is InChI=1S/C12H19NO2S2/c1-9(16-3)7-11(14)13-8-12(2,15)10-5-4-6-17-10/h4-6,9,15H,7-8H2,1-3H3,(H,13,14).